The zero-order chi connectivity index (χ0) is 24.0. The highest BCUT2D eigenvalue weighted by molar-refractivity contribution is 7.98. The maximum absolute atomic E-state index is 14.6. The molecular formula is C24H19FN6O2S2. The van der Waals surface area contributed by atoms with E-state index in [1.807, 2.05) is 18.2 Å². The fourth-order valence-electron chi connectivity index (χ4n) is 3.33. The predicted octanol–water partition coefficient (Wildman–Crippen LogP) is 4.78. The van der Waals surface area contributed by atoms with E-state index in [0.717, 1.165) is 10.7 Å². The summed E-state index contributed by atoms with van der Waals surface area (Å²) < 4.78 is 21.7. The first-order valence-corrected chi connectivity index (χ1v) is 12.5. The summed E-state index contributed by atoms with van der Waals surface area (Å²) in [6.45, 7) is 0.471. The van der Waals surface area contributed by atoms with Gasteiger partial charge in [0.15, 0.2) is 10.9 Å². The van der Waals surface area contributed by atoms with Gasteiger partial charge in [0.2, 0.25) is 5.82 Å². The van der Waals surface area contributed by atoms with Crippen molar-refractivity contribution >= 4 is 29.0 Å². The third-order valence-electron chi connectivity index (χ3n) is 4.97. The molecule has 1 aromatic carbocycles. The van der Waals surface area contributed by atoms with Gasteiger partial charge in [-0.2, -0.15) is 0 Å². The van der Waals surface area contributed by atoms with Crippen molar-refractivity contribution in [2.45, 2.75) is 17.3 Å². The number of carbonyl (C=O) groups excluding carboxylic acids is 1. The minimum absolute atomic E-state index is 0.233. The van der Waals surface area contributed by atoms with Crippen molar-refractivity contribution in [1.82, 2.24) is 30.0 Å². The van der Waals surface area contributed by atoms with E-state index in [4.69, 9.17) is 4.42 Å². The minimum atomic E-state index is -0.402. The summed E-state index contributed by atoms with van der Waals surface area (Å²) >= 11 is 2.73. The number of amides is 1. The third kappa shape index (κ3) is 5.31. The van der Waals surface area contributed by atoms with Crippen molar-refractivity contribution in [3.05, 3.63) is 94.7 Å². The lowest BCUT2D eigenvalue weighted by Gasteiger charge is -2.09. The molecule has 5 rings (SSSR count). The van der Waals surface area contributed by atoms with Crippen LogP contribution in [0.3, 0.4) is 0 Å². The molecule has 0 fully saturated rings. The van der Waals surface area contributed by atoms with Crippen molar-refractivity contribution in [3.63, 3.8) is 0 Å². The summed E-state index contributed by atoms with van der Waals surface area (Å²) in [4.78, 5) is 21.2. The van der Waals surface area contributed by atoms with Crippen molar-refractivity contribution in [3.8, 4) is 17.3 Å². The zero-order valence-electron chi connectivity index (χ0n) is 18.3. The summed E-state index contributed by atoms with van der Waals surface area (Å²) in [5, 5.41) is 14.3. The van der Waals surface area contributed by atoms with Crippen LogP contribution in [0.15, 0.2) is 82.0 Å². The first-order chi connectivity index (χ1) is 17.2. The average molecular weight is 507 g/mol. The van der Waals surface area contributed by atoms with Gasteiger partial charge >= 0.3 is 0 Å². The average Bonchev–Trinajstić information content (AvgIpc) is 3.64. The van der Waals surface area contributed by atoms with E-state index in [1.54, 1.807) is 46.5 Å². The molecule has 0 bridgehead atoms. The molecule has 0 aliphatic carbocycles. The number of aromatic nitrogens is 5. The molecule has 0 saturated carbocycles. The third-order valence-corrected chi connectivity index (χ3v) is 6.94. The number of benzene rings is 1. The van der Waals surface area contributed by atoms with E-state index < -0.39 is 5.82 Å². The summed E-state index contributed by atoms with van der Waals surface area (Å²) in [6.07, 6.45) is 3.90. The number of thioether (sulfide) groups is 1. The van der Waals surface area contributed by atoms with Gasteiger partial charge in [-0.1, -0.05) is 30.0 Å². The summed E-state index contributed by atoms with van der Waals surface area (Å²) in [5.41, 5.74) is 1.59. The summed E-state index contributed by atoms with van der Waals surface area (Å²) in [5.74, 6) is 0.682. The number of carbonyl (C=O) groups is 1. The molecule has 0 radical (unpaired) electrons. The Hall–Kier alpha value is -3.83. The second kappa shape index (κ2) is 10.6. The van der Waals surface area contributed by atoms with Crippen LogP contribution in [0.1, 0.15) is 21.2 Å². The van der Waals surface area contributed by atoms with E-state index in [0.29, 0.717) is 46.8 Å². The van der Waals surface area contributed by atoms with Gasteiger partial charge in [-0.25, -0.2) is 9.37 Å². The molecule has 8 nitrogen and oxygen atoms in total. The van der Waals surface area contributed by atoms with Crippen LogP contribution in [0, 0.1) is 5.82 Å². The lowest BCUT2D eigenvalue weighted by molar-refractivity contribution is 0.0949. The maximum Gasteiger partial charge on any atom is 0.270 e. The molecule has 0 atom stereocenters. The van der Waals surface area contributed by atoms with Crippen molar-refractivity contribution < 1.29 is 13.6 Å². The van der Waals surface area contributed by atoms with Crippen LogP contribution in [0.4, 0.5) is 4.39 Å². The second-order valence-corrected chi connectivity index (χ2v) is 9.20. The number of nitrogens with one attached hydrogen (secondary N) is 1. The Morgan fingerprint density at radius 2 is 2.00 bits per heavy atom. The first kappa shape index (κ1) is 22.9. The number of halogens is 1. The molecule has 0 unspecified atom stereocenters. The Kier molecular flexibility index (Phi) is 6.96. The van der Waals surface area contributed by atoms with Gasteiger partial charge in [0.25, 0.3) is 5.91 Å². The quantitative estimate of drug-likeness (QED) is 0.287. The standard InChI is InChI=1S/C24H19FN6O2S2/c25-17-7-1-2-8-19(17)31-22(20-9-5-13-33-20)29-30-24(31)35-15-21-28-18(14-34-21)23(32)27-12-10-16-6-3-4-11-26-16/h1-9,11,13-14H,10,12,15H2,(H,27,32). The highest BCUT2D eigenvalue weighted by Crippen LogP contribution is 2.31. The molecule has 0 saturated heterocycles. The number of nitrogens with zero attached hydrogens (tertiary/aromatic N) is 5. The van der Waals surface area contributed by atoms with Crippen LogP contribution in [0.25, 0.3) is 17.3 Å². The normalized spacial score (nSPS) is 11.0. The molecule has 0 aliphatic heterocycles. The van der Waals surface area contributed by atoms with Gasteiger partial charge in [0, 0.05) is 30.2 Å². The highest BCUT2D eigenvalue weighted by Gasteiger charge is 2.21. The summed E-state index contributed by atoms with van der Waals surface area (Å²) in [6, 6.07) is 15.6. The molecule has 0 spiro atoms. The largest absolute Gasteiger partial charge is 0.461 e. The molecule has 0 aliphatic rings. The monoisotopic (exact) mass is 506 g/mol. The fourth-order valence-corrected chi connectivity index (χ4v) is 5.06. The zero-order valence-corrected chi connectivity index (χ0v) is 19.9. The fraction of sp³-hybridized carbons (Fsp3) is 0.125. The van der Waals surface area contributed by atoms with Crippen molar-refractivity contribution in [2.75, 3.05) is 6.54 Å². The Labute approximate surface area is 208 Å². The smallest absolute Gasteiger partial charge is 0.270 e. The Balaban J connectivity index is 1.27. The number of hydrogen-bond donors (Lipinski definition) is 1. The number of thiazole rings is 1. The van der Waals surface area contributed by atoms with Crippen LogP contribution in [-0.2, 0) is 12.2 Å². The Bertz CT molecular complexity index is 1420. The second-order valence-electron chi connectivity index (χ2n) is 7.31. The van der Waals surface area contributed by atoms with Crippen LogP contribution in [0.2, 0.25) is 0 Å². The van der Waals surface area contributed by atoms with E-state index in [2.05, 4.69) is 25.5 Å². The Morgan fingerprint density at radius 3 is 2.80 bits per heavy atom. The van der Waals surface area contributed by atoms with Gasteiger partial charge in [-0.05, 0) is 36.4 Å². The lowest BCUT2D eigenvalue weighted by atomic mass is 10.2. The Morgan fingerprint density at radius 1 is 1.11 bits per heavy atom. The van der Waals surface area contributed by atoms with E-state index in [1.165, 1.54) is 35.4 Å². The molecule has 35 heavy (non-hydrogen) atoms. The molecule has 176 valence electrons. The molecular weight excluding hydrogens is 487 g/mol. The molecule has 4 heterocycles. The molecule has 1 N–H and O–H groups in total. The molecule has 11 heteroatoms. The van der Waals surface area contributed by atoms with E-state index >= 15 is 0 Å². The van der Waals surface area contributed by atoms with Gasteiger partial charge in [-0.3, -0.25) is 14.3 Å². The number of pyridine rings is 1. The van der Waals surface area contributed by atoms with Crippen LogP contribution in [-0.4, -0.2) is 37.2 Å². The minimum Gasteiger partial charge on any atom is -0.461 e. The summed E-state index contributed by atoms with van der Waals surface area (Å²) in [7, 11) is 0. The molecule has 5 aromatic rings. The molecule has 1 amide bonds. The lowest BCUT2D eigenvalue weighted by Crippen LogP contribution is -2.26. The highest BCUT2D eigenvalue weighted by atomic mass is 32.2. The number of rotatable bonds is 9. The van der Waals surface area contributed by atoms with Crippen LogP contribution < -0.4 is 5.32 Å². The predicted molar refractivity (Wildman–Crippen MR) is 131 cm³/mol. The number of furan rings is 1. The topological polar surface area (TPSA) is 98.7 Å². The SMILES string of the molecule is O=C(NCCc1ccccn1)c1csc(CSc2nnc(-c3ccco3)n2-c2ccccc2F)n1. The van der Waals surface area contributed by atoms with Gasteiger partial charge in [0.05, 0.1) is 17.7 Å². The van der Waals surface area contributed by atoms with Gasteiger partial charge < -0.3 is 9.73 Å². The van der Waals surface area contributed by atoms with E-state index in [9.17, 15) is 9.18 Å². The van der Waals surface area contributed by atoms with Crippen molar-refractivity contribution in [2.24, 2.45) is 0 Å². The van der Waals surface area contributed by atoms with Gasteiger partial charge in [0.1, 0.15) is 16.5 Å². The van der Waals surface area contributed by atoms with E-state index in [-0.39, 0.29) is 5.91 Å². The van der Waals surface area contributed by atoms with Crippen LogP contribution >= 0.6 is 23.1 Å². The van der Waals surface area contributed by atoms with Gasteiger partial charge in [-0.15, -0.1) is 21.5 Å². The van der Waals surface area contributed by atoms with Crippen LogP contribution in [0.5, 0.6) is 0 Å². The maximum atomic E-state index is 14.6. The first-order valence-electron chi connectivity index (χ1n) is 10.7. The number of para-hydroxylation sites is 1. The van der Waals surface area contributed by atoms with Crippen molar-refractivity contribution in [1.29, 1.82) is 0 Å². The number of hydrogen-bond acceptors (Lipinski definition) is 8. The molecule has 4 aromatic heterocycles.